The third-order valence-electron chi connectivity index (χ3n) is 4.24. The molecule has 1 saturated heterocycles. The Morgan fingerprint density at radius 3 is 2.70 bits per heavy atom. The first kappa shape index (κ1) is 17.8. The highest BCUT2D eigenvalue weighted by molar-refractivity contribution is 5.91. The summed E-state index contributed by atoms with van der Waals surface area (Å²) in [7, 11) is 0. The molecular formula is C18H29N3O2. The minimum absolute atomic E-state index is 0.124. The molecule has 1 aliphatic rings. The summed E-state index contributed by atoms with van der Waals surface area (Å²) in [5.74, 6) is 0.380. The van der Waals surface area contributed by atoms with E-state index in [2.05, 4.69) is 54.5 Å². The second-order valence-electron chi connectivity index (χ2n) is 6.22. The fourth-order valence-electron chi connectivity index (χ4n) is 2.86. The van der Waals surface area contributed by atoms with Crippen molar-refractivity contribution in [2.75, 3.05) is 44.7 Å². The summed E-state index contributed by atoms with van der Waals surface area (Å²) in [6.45, 7) is 11.4. The van der Waals surface area contributed by atoms with Gasteiger partial charge in [-0.2, -0.15) is 0 Å². The first-order valence-electron chi connectivity index (χ1n) is 8.58. The summed E-state index contributed by atoms with van der Waals surface area (Å²) in [5.41, 5.74) is 3.33. The number of rotatable bonds is 6. The number of hydrogen-bond acceptors (Lipinski definition) is 3. The quantitative estimate of drug-likeness (QED) is 0.848. The Labute approximate surface area is 139 Å². The van der Waals surface area contributed by atoms with Gasteiger partial charge in [0.1, 0.15) is 0 Å². The topological polar surface area (TPSA) is 53.6 Å². The van der Waals surface area contributed by atoms with E-state index in [9.17, 15) is 4.79 Å². The number of benzene rings is 1. The van der Waals surface area contributed by atoms with Gasteiger partial charge in [-0.3, -0.25) is 4.90 Å². The third kappa shape index (κ3) is 5.22. The molecule has 5 heteroatoms. The summed E-state index contributed by atoms with van der Waals surface area (Å²) in [5, 5.41) is 6.02. The predicted molar refractivity (Wildman–Crippen MR) is 94.2 cm³/mol. The van der Waals surface area contributed by atoms with Gasteiger partial charge in [0.2, 0.25) is 0 Å². The summed E-state index contributed by atoms with van der Waals surface area (Å²) < 4.78 is 5.33. The van der Waals surface area contributed by atoms with E-state index in [0.29, 0.717) is 12.5 Å². The van der Waals surface area contributed by atoms with E-state index in [1.54, 1.807) is 0 Å². The average Bonchev–Trinajstić information content (AvgIpc) is 2.55. The SMILES string of the molecule is CCc1cccc(C(C)C)c1NC(=O)NCCN1CCOCC1. The molecule has 1 fully saturated rings. The zero-order valence-electron chi connectivity index (χ0n) is 14.5. The maximum atomic E-state index is 12.2. The number of nitrogens with one attached hydrogen (secondary N) is 2. The molecule has 2 N–H and O–H groups in total. The molecule has 128 valence electrons. The zero-order valence-corrected chi connectivity index (χ0v) is 14.5. The number of anilines is 1. The number of morpholine rings is 1. The lowest BCUT2D eigenvalue weighted by Gasteiger charge is -2.26. The maximum absolute atomic E-state index is 12.2. The number of carbonyl (C=O) groups is 1. The minimum atomic E-state index is -0.124. The highest BCUT2D eigenvalue weighted by Crippen LogP contribution is 2.28. The van der Waals surface area contributed by atoms with Crippen LogP contribution in [0, 0.1) is 0 Å². The molecule has 1 heterocycles. The predicted octanol–water partition coefficient (Wildman–Crippen LogP) is 2.83. The molecule has 2 rings (SSSR count). The first-order chi connectivity index (χ1) is 11.1. The van der Waals surface area contributed by atoms with Crippen molar-refractivity contribution in [1.82, 2.24) is 10.2 Å². The van der Waals surface area contributed by atoms with Crippen LogP contribution in [0.2, 0.25) is 0 Å². The number of para-hydroxylation sites is 1. The Kier molecular flexibility index (Phi) is 6.86. The molecule has 0 radical (unpaired) electrons. The molecular weight excluding hydrogens is 290 g/mol. The smallest absolute Gasteiger partial charge is 0.319 e. The molecule has 0 unspecified atom stereocenters. The number of nitrogens with zero attached hydrogens (tertiary/aromatic N) is 1. The summed E-state index contributed by atoms with van der Waals surface area (Å²) in [6, 6.07) is 6.11. The van der Waals surface area contributed by atoms with Gasteiger partial charge in [0, 0.05) is 31.9 Å². The van der Waals surface area contributed by atoms with E-state index in [1.165, 1.54) is 11.1 Å². The lowest BCUT2D eigenvalue weighted by atomic mass is 9.97. The van der Waals surface area contributed by atoms with Crippen molar-refractivity contribution in [1.29, 1.82) is 0 Å². The van der Waals surface area contributed by atoms with Gasteiger partial charge in [-0.15, -0.1) is 0 Å². The van der Waals surface area contributed by atoms with E-state index in [1.807, 2.05) is 0 Å². The highest BCUT2D eigenvalue weighted by atomic mass is 16.5. The van der Waals surface area contributed by atoms with Gasteiger partial charge < -0.3 is 15.4 Å². The van der Waals surface area contributed by atoms with Crippen molar-refractivity contribution in [3.63, 3.8) is 0 Å². The lowest BCUT2D eigenvalue weighted by molar-refractivity contribution is 0.0388. The fourth-order valence-corrected chi connectivity index (χ4v) is 2.86. The standard InChI is InChI=1S/C18H29N3O2/c1-4-15-6-5-7-16(14(2)3)17(15)20-18(22)19-8-9-21-10-12-23-13-11-21/h5-7,14H,4,8-13H2,1-3H3,(H2,19,20,22). The number of ether oxygens (including phenoxy) is 1. The van der Waals surface area contributed by atoms with E-state index in [4.69, 9.17) is 4.74 Å². The molecule has 23 heavy (non-hydrogen) atoms. The Balaban J connectivity index is 1.89. The van der Waals surface area contributed by atoms with Crippen LogP contribution in [0.4, 0.5) is 10.5 Å². The van der Waals surface area contributed by atoms with Crippen molar-refractivity contribution < 1.29 is 9.53 Å². The van der Waals surface area contributed by atoms with Gasteiger partial charge in [0.15, 0.2) is 0 Å². The molecule has 0 aromatic heterocycles. The molecule has 1 aromatic rings. The molecule has 0 aliphatic carbocycles. The average molecular weight is 319 g/mol. The van der Waals surface area contributed by atoms with Crippen LogP contribution in [0.3, 0.4) is 0 Å². The number of aryl methyl sites for hydroxylation is 1. The Morgan fingerprint density at radius 2 is 2.04 bits per heavy atom. The normalized spacial score (nSPS) is 15.7. The second kappa shape index (κ2) is 8.89. The number of urea groups is 1. The van der Waals surface area contributed by atoms with Gasteiger partial charge in [0.25, 0.3) is 0 Å². The van der Waals surface area contributed by atoms with Gasteiger partial charge in [-0.25, -0.2) is 4.79 Å². The zero-order chi connectivity index (χ0) is 16.7. The Morgan fingerprint density at radius 1 is 1.30 bits per heavy atom. The van der Waals surface area contributed by atoms with Crippen LogP contribution in [-0.2, 0) is 11.2 Å². The largest absolute Gasteiger partial charge is 0.379 e. The van der Waals surface area contributed by atoms with Crippen molar-refractivity contribution in [2.24, 2.45) is 0 Å². The van der Waals surface area contributed by atoms with Crippen molar-refractivity contribution >= 4 is 11.7 Å². The molecule has 2 amide bonds. The van der Waals surface area contributed by atoms with Crippen LogP contribution in [0.5, 0.6) is 0 Å². The molecule has 0 saturated carbocycles. The number of amides is 2. The molecule has 0 atom stereocenters. The van der Waals surface area contributed by atoms with Gasteiger partial charge in [-0.1, -0.05) is 39.0 Å². The second-order valence-corrected chi connectivity index (χ2v) is 6.22. The van der Waals surface area contributed by atoms with Crippen LogP contribution in [-0.4, -0.2) is 50.3 Å². The highest BCUT2D eigenvalue weighted by Gasteiger charge is 2.14. The third-order valence-corrected chi connectivity index (χ3v) is 4.24. The fraction of sp³-hybridized carbons (Fsp3) is 0.611. The Hall–Kier alpha value is -1.59. The van der Waals surface area contributed by atoms with E-state index in [0.717, 1.165) is 45.0 Å². The van der Waals surface area contributed by atoms with Crippen molar-refractivity contribution in [3.8, 4) is 0 Å². The number of hydrogen-bond donors (Lipinski definition) is 2. The minimum Gasteiger partial charge on any atom is -0.379 e. The van der Waals surface area contributed by atoms with Crippen LogP contribution in [0.1, 0.15) is 37.8 Å². The van der Waals surface area contributed by atoms with Crippen LogP contribution in [0.25, 0.3) is 0 Å². The van der Waals surface area contributed by atoms with Crippen molar-refractivity contribution in [2.45, 2.75) is 33.1 Å². The monoisotopic (exact) mass is 319 g/mol. The Bertz CT molecular complexity index is 511. The van der Waals surface area contributed by atoms with Gasteiger partial charge in [-0.05, 0) is 23.5 Å². The van der Waals surface area contributed by atoms with Crippen molar-refractivity contribution in [3.05, 3.63) is 29.3 Å². The number of carbonyl (C=O) groups excluding carboxylic acids is 1. The van der Waals surface area contributed by atoms with Crippen LogP contribution >= 0.6 is 0 Å². The van der Waals surface area contributed by atoms with E-state index >= 15 is 0 Å². The summed E-state index contributed by atoms with van der Waals surface area (Å²) in [4.78, 5) is 14.5. The molecule has 5 nitrogen and oxygen atoms in total. The van der Waals surface area contributed by atoms with E-state index in [-0.39, 0.29) is 6.03 Å². The first-order valence-corrected chi connectivity index (χ1v) is 8.58. The molecule has 0 spiro atoms. The van der Waals surface area contributed by atoms with Gasteiger partial charge >= 0.3 is 6.03 Å². The van der Waals surface area contributed by atoms with Crippen LogP contribution in [0.15, 0.2) is 18.2 Å². The molecule has 1 aromatic carbocycles. The van der Waals surface area contributed by atoms with Gasteiger partial charge in [0.05, 0.1) is 13.2 Å². The van der Waals surface area contributed by atoms with E-state index < -0.39 is 0 Å². The lowest BCUT2D eigenvalue weighted by Crippen LogP contribution is -2.42. The maximum Gasteiger partial charge on any atom is 0.319 e. The summed E-state index contributed by atoms with van der Waals surface area (Å²) in [6.07, 6.45) is 0.907. The van der Waals surface area contributed by atoms with Crippen LogP contribution < -0.4 is 10.6 Å². The molecule has 1 aliphatic heterocycles. The molecule has 0 bridgehead atoms. The summed E-state index contributed by atoms with van der Waals surface area (Å²) >= 11 is 0.